The molecule has 1 atom stereocenters. The molecule has 1 aliphatic carbocycles. The van der Waals surface area contributed by atoms with Crippen LogP contribution in [0.15, 0.2) is 30.9 Å². The van der Waals surface area contributed by atoms with Crippen LogP contribution in [0.3, 0.4) is 0 Å². The van der Waals surface area contributed by atoms with E-state index in [1.807, 2.05) is 0 Å². The summed E-state index contributed by atoms with van der Waals surface area (Å²) in [6.45, 7) is 8.83. The molecule has 2 aromatic carbocycles. The predicted molar refractivity (Wildman–Crippen MR) is 172 cm³/mol. The van der Waals surface area contributed by atoms with Gasteiger partial charge in [-0.15, -0.1) is 0 Å². The number of nitrogens with one attached hydrogen (secondary N) is 1. The average molecular weight is 670 g/mol. The summed E-state index contributed by atoms with van der Waals surface area (Å²) >= 11 is 0.898. The molecule has 7 rings (SSSR count). The number of halogens is 3. The van der Waals surface area contributed by atoms with Crippen molar-refractivity contribution in [2.45, 2.75) is 18.9 Å². The minimum atomic E-state index is -0.968. The van der Waals surface area contributed by atoms with Crippen LogP contribution in [-0.4, -0.2) is 97.6 Å². The molecule has 3 aliphatic rings. The molecule has 11 nitrogen and oxygen atoms in total. The molecule has 47 heavy (non-hydrogen) atoms. The lowest BCUT2D eigenvalue weighted by atomic mass is 10.0. The van der Waals surface area contributed by atoms with Gasteiger partial charge in [0.25, 0.3) is 0 Å². The van der Waals surface area contributed by atoms with Gasteiger partial charge in [0.2, 0.25) is 5.91 Å². The molecule has 0 unspecified atom stereocenters. The summed E-state index contributed by atoms with van der Waals surface area (Å²) in [5.74, 6) is -2.60. The molecule has 15 heteroatoms. The van der Waals surface area contributed by atoms with Crippen LogP contribution in [0.25, 0.3) is 32.2 Å². The fourth-order valence-electron chi connectivity index (χ4n) is 6.23. The molecule has 3 N–H and O–H groups in total. The first-order chi connectivity index (χ1) is 22.7. The number of nitrogen functional groups attached to an aromatic ring is 1. The zero-order valence-electron chi connectivity index (χ0n) is 25.6. The van der Waals surface area contributed by atoms with Crippen LogP contribution in [0, 0.1) is 22.9 Å². The quantitative estimate of drug-likeness (QED) is 0.253. The number of carbonyl (C=O) groups excluding carboxylic acids is 1. The summed E-state index contributed by atoms with van der Waals surface area (Å²) in [4.78, 5) is 29.6. The van der Waals surface area contributed by atoms with E-state index in [-0.39, 0.29) is 74.7 Å². The number of hydrogen-bond acceptors (Lipinski definition) is 11. The van der Waals surface area contributed by atoms with Gasteiger partial charge in [-0.05, 0) is 37.1 Å². The number of carbonyl (C=O) groups is 1. The van der Waals surface area contributed by atoms with Crippen molar-refractivity contribution in [3.63, 3.8) is 0 Å². The number of fused-ring (bicyclic) bond motifs is 2. The highest BCUT2D eigenvalue weighted by atomic mass is 32.1. The second-order valence-corrected chi connectivity index (χ2v) is 13.2. The lowest BCUT2D eigenvalue weighted by Gasteiger charge is -2.30. The van der Waals surface area contributed by atoms with Gasteiger partial charge in [-0.2, -0.15) is 9.97 Å². The van der Waals surface area contributed by atoms with Crippen molar-refractivity contribution in [2.24, 2.45) is 5.41 Å². The molecule has 2 saturated heterocycles. The van der Waals surface area contributed by atoms with Gasteiger partial charge in [-0.1, -0.05) is 17.9 Å². The number of anilines is 2. The molecule has 248 valence electrons. The number of amides is 1. The molecule has 2 aliphatic heterocycles. The molecule has 0 spiro atoms. The van der Waals surface area contributed by atoms with Gasteiger partial charge in [0.15, 0.2) is 10.9 Å². The van der Waals surface area contributed by atoms with E-state index in [9.17, 15) is 9.18 Å². The largest absolute Gasteiger partial charge is 0.463 e. The van der Waals surface area contributed by atoms with Crippen LogP contribution >= 0.6 is 11.3 Å². The van der Waals surface area contributed by atoms with E-state index >= 15 is 8.78 Å². The fourth-order valence-corrected chi connectivity index (χ4v) is 7.00. The summed E-state index contributed by atoms with van der Waals surface area (Å²) in [6.07, 6.45) is 3.11. The molecule has 1 amide bonds. The second kappa shape index (κ2) is 12.9. The maximum atomic E-state index is 16.7. The number of rotatable bonds is 9. The van der Waals surface area contributed by atoms with Crippen molar-refractivity contribution in [2.75, 3.05) is 76.4 Å². The van der Waals surface area contributed by atoms with Gasteiger partial charge in [0.1, 0.15) is 23.0 Å². The minimum absolute atomic E-state index is 0.0479. The van der Waals surface area contributed by atoms with Gasteiger partial charge in [-0.25, -0.2) is 18.2 Å². The van der Waals surface area contributed by atoms with E-state index < -0.39 is 29.1 Å². The van der Waals surface area contributed by atoms with Crippen LogP contribution in [0.4, 0.5) is 24.1 Å². The van der Waals surface area contributed by atoms with Crippen LogP contribution in [-0.2, 0) is 14.3 Å². The molecule has 0 radical (unpaired) electrons. The Kier molecular flexibility index (Phi) is 8.63. The average Bonchev–Trinajstić information content (AvgIpc) is 3.77. The van der Waals surface area contributed by atoms with Gasteiger partial charge in [-0.3, -0.25) is 9.69 Å². The van der Waals surface area contributed by atoms with E-state index in [2.05, 4.69) is 31.7 Å². The highest BCUT2D eigenvalue weighted by Crippen LogP contribution is 2.47. The number of aromatic nitrogens is 3. The SMILES string of the molecule is C=CC(=O)N[C@H]1COCCN(c2nc(OCC3(CN4CCOCC4)CC3)nc3c(F)c(-c4ccc(F)c5sc(N)nc45)c(F)cc23)C1. The molecular formula is C32H34F3N7O4S. The van der Waals surface area contributed by atoms with Crippen LogP contribution < -0.4 is 20.7 Å². The molecule has 2 aromatic heterocycles. The molecule has 4 aromatic rings. The zero-order chi connectivity index (χ0) is 32.7. The highest BCUT2D eigenvalue weighted by molar-refractivity contribution is 7.22. The van der Waals surface area contributed by atoms with Gasteiger partial charge in [0.05, 0.1) is 54.9 Å². The summed E-state index contributed by atoms with van der Waals surface area (Å²) in [5, 5.41) is 3.01. The summed E-state index contributed by atoms with van der Waals surface area (Å²) in [6, 6.07) is 3.08. The van der Waals surface area contributed by atoms with Crippen molar-refractivity contribution >= 4 is 49.3 Å². The predicted octanol–water partition coefficient (Wildman–Crippen LogP) is 3.90. The summed E-state index contributed by atoms with van der Waals surface area (Å²) in [5.41, 5.74) is 5.29. The molecule has 3 fully saturated rings. The maximum Gasteiger partial charge on any atom is 0.319 e. The lowest BCUT2D eigenvalue weighted by Crippen LogP contribution is -2.44. The number of morpholine rings is 1. The standard InChI is InChI=1S/C32H34F3N7O4S/c1-2-23(43)37-18-14-42(9-12-45-15-18)29-20-13-22(34)24(19-3-4-21(33)28-27(19)38-30(36)47-28)25(35)26(20)39-31(40-29)46-17-32(5-6-32)16-41-7-10-44-11-8-41/h2-4,13,18H,1,5-12,14-17H2,(H2,36,38)(H,37,43)/t18-/m1/s1. The van der Waals surface area contributed by atoms with Gasteiger partial charge >= 0.3 is 6.01 Å². The fraction of sp³-hybridized carbons (Fsp3) is 0.438. The van der Waals surface area contributed by atoms with Crippen molar-refractivity contribution in [1.82, 2.24) is 25.2 Å². The number of ether oxygens (including phenoxy) is 3. The third-order valence-electron chi connectivity index (χ3n) is 8.85. The zero-order valence-corrected chi connectivity index (χ0v) is 26.4. The Bertz CT molecular complexity index is 1850. The van der Waals surface area contributed by atoms with Crippen LogP contribution in [0.1, 0.15) is 12.8 Å². The Morgan fingerprint density at radius 2 is 1.89 bits per heavy atom. The molecule has 4 heterocycles. The van der Waals surface area contributed by atoms with E-state index in [0.717, 1.165) is 49.9 Å². The van der Waals surface area contributed by atoms with Crippen molar-refractivity contribution in [1.29, 1.82) is 0 Å². The van der Waals surface area contributed by atoms with E-state index in [1.165, 1.54) is 18.2 Å². The molecule has 1 saturated carbocycles. The Labute approximate surface area is 272 Å². The van der Waals surface area contributed by atoms with Gasteiger partial charge < -0.3 is 30.2 Å². The Balaban J connectivity index is 1.30. The number of nitrogens with zero attached hydrogens (tertiary/aromatic N) is 5. The summed E-state index contributed by atoms with van der Waals surface area (Å²) in [7, 11) is 0. The second-order valence-electron chi connectivity index (χ2n) is 12.2. The van der Waals surface area contributed by atoms with E-state index in [4.69, 9.17) is 19.9 Å². The molecule has 0 bridgehead atoms. The number of thiazole rings is 1. The number of hydrogen-bond donors (Lipinski definition) is 2. The first-order valence-corrected chi connectivity index (χ1v) is 16.3. The smallest absolute Gasteiger partial charge is 0.319 e. The van der Waals surface area contributed by atoms with Crippen molar-refractivity contribution in [3.05, 3.63) is 48.3 Å². The van der Waals surface area contributed by atoms with Crippen LogP contribution in [0.2, 0.25) is 0 Å². The lowest BCUT2D eigenvalue weighted by molar-refractivity contribution is -0.117. The Morgan fingerprint density at radius 1 is 1.11 bits per heavy atom. The number of benzene rings is 2. The van der Waals surface area contributed by atoms with E-state index in [0.29, 0.717) is 26.4 Å². The minimum Gasteiger partial charge on any atom is -0.463 e. The maximum absolute atomic E-state index is 16.7. The van der Waals surface area contributed by atoms with Crippen molar-refractivity contribution in [3.8, 4) is 17.1 Å². The first kappa shape index (κ1) is 31.5. The third kappa shape index (κ3) is 6.44. The Morgan fingerprint density at radius 3 is 2.66 bits per heavy atom. The normalized spacial score (nSPS) is 19.9. The van der Waals surface area contributed by atoms with Crippen molar-refractivity contribution < 1.29 is 32.2 Å². The van der Waals surface area contributed by atoms with E-state index in [1.54, 1.807) is 4.90 Å². The Hall–Kier alpha value is -4.05. The first-order valence-electron chi connectivity index (χ1n) is 15.5. The number of nitrogens with two attached hydrogens (primary N) is 1. The highest BCUT2D eigenvalue weighted by Gasteiger charge is 2.45. The summed E-state index contributed by atoms with van der Waals surface area (Å²) < 4.78 is 64.9. The monoisotopic (exact) mass is 669 g/mol. The third-order valence-corrected chi connectivity index (χ3v) is 9.74. The van der Waals surface area contributed by atoms with Crippen LogP contribution in [0.5, 0.6) is 6.01 Å². The topological polar surface area (TPSA) is 128 Å². The van der Waals surface area contributed by atoms with Gasteiger partial charge in [0, 0.05) is 49.1 Å². The molecular weight excluding hydrogens is 635 g/mol.